The van der Waals surface area contributed by atoms with Gasteiger partial charge in [0, 0.05) is 13.1 Å². The maximum Gasteiger partial charge on any atom is 0.314 e. The lowest BCUT2D eigenvalue weighted by Crippen LogP contribution is -2.40. The molecule has 0 radical (unpaired) electrons. The molecule has 0 saturated heterocycles. The zero-order valence-electron chi connectivity index (χ0n) is 10.2. The molecule has 0 aromatic rings. The minimum absolute atomic E-state index is 0.0346. The highest BCUT2D eigenvalue weighted by atomic mass is 32.2. The summed E-state index contributed by atoms with van der Waals surface area (Å²) in [5.74, 6) is -1.80. The van der Waals surface area contributed by atoms with Crippen LogP contribution in [0.15, 0.2) is 0 Å². The van der Waals surface area contributed by atoms with Gasteiger partial charge >= 0.3 is 12.0 Å². The molecule has 0 spiro atoms. The zero-order valence-corrected chi connectivity index (χ0v) is 11.0. The second-order valence-electron chi connectivity index (χ2n) is 3.80. The summed E-state index contributed by atoms with van der Waals surface area (Å²) >= 11 is 0. The lowest BCUT2D eigenvalue weighted by atomic mass is 10.1. The molecule has 8 nitrogen and oxygen atoms in total. The highest BCUT2D eigenvalue weighted by molar-refractivity contribution is 7.89. The minimum atomic E-state index is -3.51. The molecule has 0 aliphatic heterocycles. The fourth-order valence-electron chi connectivity index (χ4n) is 1.16. The second-order valence-corrected chi connectivity index (χ2v) is 5.53. The van der Waals surface area contributed by atoms with Crippen molar-refractivity contribution in [1.29, 1.82) is 0 Å². The first-order chi connectivity index (χ1) is 8.26. The number of hydrogen-bond donors (Lipinski definition) is 4. The van der Waals surface area contributed by atoms with Crippen LogP contribution in [0.4, 0.5) is 4.79 Å². The number of carboxylic acids is 1. The highest BCUT2D eigenvalue weighted by Crippen LogP contribution is 1.99. The molecule has 9 heteroatoms. The predicted octanol–water partition coefficient (Wildman–Crippen LogP) is -0.925. The molecule has 0 aromatic carbocycles. The van der Waals surface area contributed by atoms with Gasteiger partial charge in [-0.05, 0) is 12.8 Å². The van der Waals surface area contributed by atoms with Crippen molar-refractivity contribution >= 4 is 22.0 Å². The molecule has 1 atom stereocenters. The summed E-state index contributed by atoms with van der Waals surface area (Å²) in [7, 11) is -3.51. The number of hydrogen-bond acceptors (Lipinski definition) is 4. The lowest BCUT2D eigenvalue weighted by molar-refractivity contribution is -0.141. The molecule has 0 aromatic heterocycles. The van der Waals surface area contributed by atoms with E-state index in [9.17, 15) is 18.0 Å². The van der Waals surface area contributed by atoms with E-state index in [1.807, 2.05) is 0 Å². The van der Waals surface area contributed by atoms with E-state index in [0.29, 0.717) is 6.42 Å². The van der Waals surface area contributed by atoms with Crippen molar-refractivity contribution in [2.45, 2.75) is 19.8 Å². The molecular weight excluding hydrogens is 262 g/mol. The zero-order chi connectivity index (χ0) is 14.2. The van der Waals surface area contributed by atoms with Crippen LogP contribution in [0.1, 0.15) is 19.8 Å². The van der Waals surface area contributed by atoms with Gasteiger partial charge in [-0.15, -0.1) is 0 Å². The molecule has 0 heterocycles. The molecule has 0 saturated carbocycles. The van der Waals surface area contributed by atoms with Gasteiger partial charge in [0.15, 0.2) is 0 Å². The monoisotopic (exact) mass is 281 g/mol. The molecule has 106 valence electrons. The first-order valence-electron chi connectivity index (χ1n) is 5.51. The van der Waals surface area contributed by atoms with Gasteiger partial charge in [0.1, 0.15) is 0 Å². The topological polar surface area (TPSA) is 139 Å². The van der Waals surface area contributed by atoms with Crippen LogP contribution < -0.4 is 15.8 Å². The molecule has 0 fully saturated rings. The van der Waals surface area contributed by atoms with Crippen molar-refractivity contribution in [3.63, 3.8) is 0 Å². The SMILES string of the molecule is CCC(CNC(=O)NCCCS(N)(=O)=O)C(=O)O. The Morgan fingerprint density at radius 3 is 2.39 bits per heavy atom. The van der Waals surface area contributed by atoms with Crippen molar-refractivity contribution < 1.29 is 23.1 Å². The standard InChI is InChI=1S/C9H19N3O5S/c1-2-7(8(13)14)6-12-9(15)11-4-3-5-18(10,16)17/h7H,2-6H2,1H3,(H,13,14)(H2,10,16,17)(H2,11,12,15). The molecule has 0 bridgehead atoms. The van der Waals surface area contributed by atoms with Crippen molar-refractivity contribution in [3.8, 4) is 0 Å². The summed E-state index contributed by atoms with van der Waals surface area (Å²) < 4.78 is 21.2. The summed E-state index contributed by atoms with van der Waals surface area (Å²) in [6.07, 6.45) is 0.628. The van der Waals surface area contributed by atoms with Gasteiger partial charge in [0.05, 0.1) is 11.7 Å². The lowest BCUT2D eigenvalue weighted by Gasteiger charge is -2.11. The van der Waals surface area contributed by atoms with Gasteiger partial charge in [0.25, 0.3) is 0 Å². The van der Waals surface area contributed by atoms with Crippen molar-refractivity contribution in [2.24, 2.45) is 11.1 Å². The Hall–Kier alpha value is -1.35. The normalized spacial score (nSPS) is 12.8. The summed E-state index contributed by atoms with van der Waals surface area (Å²) in [5.41, 5.74) is 0. The third-order valence-electron chi connectivity index (χ3n) is 2.24. The van der Waals surface area contributed by atoms with E-state index in [0.717, 1.165) is 0 Å². The molecule has 0 aliphatic carbocycles. The largest absolute Gasteiger partial charge is 0.481 e. The van der Waals surface area contributed by atoms with Gasteiger partial charge in [-0.1, -0.05) is 6.92 Å². The first kappa shape index (κ1) is 16.6. The van der Waals surface area contributed by atoms with Gasteiger partial charge in [0.2, 0.25) is 10.0 Å². The molecule has 0 aliphatic rings. The number of carbonyl (C=O) groups is 2. The number of rotatable bonds is 8. The smallest absolute Gasteiger partial charge is 0.314 e. The summed E-state index contributed by atoms with van der Waals surface area (Å²) in [6.45, 7) is 1.91. The van der Waals surface area contributed by atoms with Gasteiger partial charge < -0.3 is 15.7 Å². The van der Waals surface area contributed by atoms with Gasteiger partial charge in [-0.2, -0.15) is 0 Å². The predicted molar refractivity (Wildman–Crippen MR) is 65.4 cm³/mol. The van der Waals surface area contributed by atoms with Crippen LogP contribution in [0.2, 0.25) is 0 Å². The van der Waals surface area contributed by atoms with Crippen LogP contribution in [-0.2, 0) is 14.8 Å². The first-order valence-corrected chi connectivity index (χ1v) is 7.22. The van der Waals surface area contributed by atoms with Crippen LogP contribution in [0.5, 0.6) is 0 Å². The number of nitrogens with two attached hydrogens (primary N) is 1. The molecule has 18 heavy (non-hydrogen) atoms. The van der Waals surface area contributed by atoms with Crippen molar-refractivity contribution in [1.82, 2.24) is 10.6 Å². The Labute approximate surface area is 106 Å². The fraction of sp³-hybridized carbons (Fsp3) is 0.778. The van der Waals surface area contributed by atoms with Gasteiger partial charge in [-0.25, -0.2) is 18.4 Å². The Bertz CT molecular complexity index is 382. The molecule has 5 N–H and O–H groups in total. The number of primary sulfonamides is 1. The number of sulfonamides is 1. The second kappa shape index (κ2) is 7.88. The van der Waals surface area contributed by atoms with E-state index in [-0.39, 0.29) is 25.3 Å². The Kier molecular flexibility index (Phi) is 7.29. The van der Waals surface area contributed by atoms with Crippen LogP contribution in [0.3, 0.4) is 0 Å². The minimum Gasteiger partial charge on any atom is -0.481 e. The molecule has 1 unspecified atom stereocenters. The molecule has 0 rings (SSSR count). The number of urea groups is 1. The maximum absolute atomic E-state index is 11.2. The number of amides is 2. The third kappa shape index (κ3) is 8.76. The van der Waals surface area contributed by atoms with Crippen molar-refractivity contribution in [3.05, 3.63) is 0 Å². The number of carbonyl (C=O) groups excluding carboxylic acids is 1. The summed E-state index contributed by atoms with van der Waals surface area (Å²) in [6, 6.07) is -0.524. The third-order valence-corrected chi connectivity index (χ3v) is 3.10. The van der Waals surface area contributed by atoms with E-state index in [2.05, 4.69) is 10.6 Å². The Morgan fingerprint density at radius 1 is 1.33 bits per heavy atom. The molecular formula is C9H19N3O5S. The average Bonchev–Trinajstić information content (AvgIpc) is 2.23. The van der Waals surface area contributed by atoms with Gasteiger partial charge in [-0.3, -0.25) is 4.79 Å². The van der Waals surface area contributed by atoms with Crippen LogP contribution in [0, 0.1) is 5.92 Å². The average molecular weight is 281 g/mol. The number of carboxylic acid groups (broad SMARTS) is 1. The van der Waals surface area contributed by atoms with Crippen LogP contribution in [-0.4, -0.2) is 44.4 Å². The maximum atomic E-state index is 11.2. The number of nitrogens with one attached hydrogen (secondary N) is 2. The van der Waals surface area contributed by atoms with E-state index >= 15 is 0 Å². The van der Waals surface area contributed by atoms with Crippen molar-refractivity contribution in [2.75, 3.05) is 18.8 Å². The van der Waals surface area contributed by atoms with Crippen LogP contribution in [0.25, 0.3) is 0 Å². The Morgan fingerprint density at radius 2 is 1.94 bits per heavy atom. The van der Waals surface area contributed by atoms with E-state index in [4.69, 9.17) is 10.2 Å². The van der Waals surface area contributed by atoms with Crippen LogP contribution >= 0.6 is 0 Å². The highest BCUT2D eigenvalue weighted by Gasteiger charge is 2.15. The molecule has 2 amide bonds. The summed E-state index contributed by atoms with van der Waals surface area (Å²) in [4.78, 5) is 21.9. The fourth-order valence-corrected chi connectivity index (χ4v) is 1.71. The van der Waals surface area contributed by atoms with E-state index < -0.39 is 27.9 Å². The Balaban J connectivity index is 3.75. The van der Waals surface area contributed by atoms with E-state index in [1.54, 1.807) is 6.92 Å². The number of aliphatic carboxylic acids is 1. The van der Waals surface area contributed by atoms with E-state index in [1.165, 1.54) is 0 Å². The summed E-state index contributed by atoms with van der Waals surface area (Å²) in [5, 5.41) is 18.3. The quantitative estimate of drug-likeness (QED) is 0.426.